The van der Waals surface area contributed by atoms with Crippen molar-refractivity contribution in [3.8, 4) is 5.75 Å². The van der Waals surface area contributed by atoms with Gasteiger partial charge in [0.05, 0.1) is 18.0 Å². The largest absolute Gasteiger partial charge is 0.497 e. The molecule has 0 aliphatic heterocycles. The van der Waals surface area contributed by atoms with E-state index in [4.69, 9.17) is 4.74 Å². The summed E-state index contributed by atoms with van der Waals surface area (Å²) in [6.07, 6.45) is 0.729. The van der Waals surface area contributed by atoms with Gasteiger partial charge in [-0.15, -0.1) is 0 Å². The summed E-state index contributed by atoms with van der Waals surface area (Å²) in [6, 6.07) is 13.5. The van der Waals surface area contributed by atoms with E-state index in [0.29, 0.717) is 18.7 Å². The standard InChI is InChI=1S/C21H28N2O4S/c1-5-20(16-8-12-18(27-4)13-9-16)22-21(24)17-10-14-19(15-11-17)28(25,26)23(6-2)7-3/h8-15,20H,5-7H2,1-4H3,(H,22,24)/t20-/m1/s1. The molecule has 2 rings (SSSR count). The number of sulfonamides is 1. The fraction of sp³-hybridized carbons (Fsp3) is 0.381. The molecule has 0 unspecified atom stereocenters. The van der Waals surface area contributed by atoms with Crippen LogP contribution in [-0.2, 0) is 10.0 Å². The third kappa shape index (κ3) is 4.91. The number of hydrogen-bond acceptors (Lipinski definition) is 4. The Kier molecular flexibility index (Phi) is 7.60. The molecule has 2 aromatic rings. The van der Waals surface area contributed by atoms with Crippen molar-refractivity contribution in [2.75, 3.05) is 20.2 Å². The topological polar surface area (TPSA) is 75.7 Å². The van der Waals surface area contributed by atoms with E-state index in [2.05, 4.69) is 5.32 Å². The molecule has 28 heavy (non-hydrogen) atoms. The zero-order chi connectivity index (χ0) is 20.7. The highest BCUT2D eigenvalue weighted by atomic mass is 32.2. The average molecular weight is 405 g/mol. The SMILES string of the molecule is CC[C@@H](NC(=O)c1ccc(S(=O)(=O)N(CC)CC)cc1)c1ccc(OC)cc1. The van der Waals surface area contributed by atoms with Crippen molar-refractivity contribution in [2.24, 2.45) is 0 Å². The molecule has 0 radical (unpaired) electrons. The summed E-state index contributed by atoms with van der Waals surface area (Å²) >= 11 is 0. The van der Waals surface area contributed by atoms with Gasteiger partial charge in [-0.1, -0.05) is 32.9 Å². The molecule has 7 heteroatoms. The van der Waals surface area contributed by atoms with E-state index in [1.807, 2.05) is 31.2 Å². The Morgan fingerprint density at radius 3 is 2.04 bits per heavy atom. The lowest BCUT2D eigenvalue weighted by Gasteiger charge is -2.19. The zero-order valence-corrected chi connectivity index (χ0v) is 17.6. The van der Waals surface area contributed by atoms with Gasteiger partial charge in [0.25, 0.3) is 5.91 Å². The second-order valence-corrected chi connectivity index (χ2v) is 8.26. The Hall–Kier alpha value is -2.38. The summed E-state index contributed by atoms with van der Waals surface area (Å²) in [6.45, 7) is 6.40. The maximum Gasteiger partial charge on any atom is 0.251 e. The van der Waals surface area contributed by atoms with Crippen LogP contribution in [0.2, 0.25) is 0 Å². The van der Waals surface area contributed by atoms with E-state index < -0.39 is 10.0 Å². The van der Waals surface area contributed by atoms with Gasteiger partial charge in [-0.25, -0.2) is 8.42 Å². The molecule has 152 valence electrons. The van der Waals surface area contributed by atoms with Crippen LogP contribution in [0.5, 0.6) is 5.75 Å². The lowest BCUT2D eigenvalue weighted by atomic mass is 10.0. The molecule has 2 aromatic carbocycles. The summed E-state index contributed by atoms with van der Waals surface area (Å²) in [4.78, 5) is 12.8. The van der Waals surface area contributed by atoms with E-state index >= 15 is 0 Å². The first-order valence-corrected chi connectivity index (χ1v) is 10.9. The fourth-order valence-corrected chi connectivity index (χ4v) is 4.45. The lowest BCUT2D eigenvalue weighted by Crippen LogP contribution is -2.31. The summed E-state index contributed by atoms with van der Waals surface area (Å²) in [5, 5.41) is 3.00. The number of carbonyl (C=O) groups excluding carboxylic acids is 1. The van der Waals surface area contributed by atoms with Gasteiger partial charge in [0.15, 0.2) is 0 Å². The number of carbonyl (C=O) groups is 1. The zero-order valence-electron chi connectivity index (χ0n) is 16.8. The fourth-order valence-electron chi connectivity index (χ4n) is 2.99. The van der Waals surface area contributed by atoms with E-state index in [9.17, 15) is 13.2 Å². The molecule has 0 aromatic heterocycles. The van der Waals surface area contributed by atoms with Crippen LogP contribution in [0.15, 0.2) is 53.4 Å². The summed E-state index contributed by atoms with van der Waals surface area (Å²) in [5.74, 6) is 0.518. The van der Waals surface area contributed by atoms with Gasteiger partial charge >= 0.3 is 0 Å². The Morgan fingerprint density at radius 1 is 1.00 bits per heavy atom. The minimum Gasteiger partial charge on any atom is -0.497 e. The van der Waals surface area contributed by atoms with Crippen molar-refractivity contribution in [3.63, 3.8) is 0 Å². The summed E-state index contributed by atoms with van der Waals surface area (Å²) in [5.41, 5.74) is 1.41. The molecule has 6 nitrogen and oxygen atoms in total. The van der Waals surface area contributed by atoms with Crippen molar-refractivity contribution in [2.45, 2.75) is 38.1 Å². The molecular weight excluding hydrogens is 376 g/mol. The van der Waals surface area contributed by atoms with Gasteiger partial charge in [-0.05, 0) is 48.4 Å². The number of rotatable bonds is 9. The Bertz CT molecular complexity index is 874. The highest BCUT2D eigenvalue weighted by Crippen LogP contribution is 2.21. The van der Waals surface area contributed by atoms with Crippen molar-refractivity contribution in [1.82, 2.24) is 9.62 Å². The number of nitrogens with zero attached hydrogens (tertiary/aromatic N) is 1. The van der Waals surface area contributed by atoms with E-state index in [1.165, 1.54) is 16.4 Å². The minimum absolute atomic E-state index is 0.141. The predicted octanol–water partition coefficient (Wildman–Crippen LogP) is 3.61. The number of nitrogens with one attached hydrogen (secondary N) is 1. The molecular formula is C21H28N2O4S. The van der Waals surface area contributed by atoms with Gasteiger partial charge in [-0.2, -0.15) is 4.31 Å². The monoisotopic (exact) mass is 404 g/mol. The first-order chi connectivity index (χ1) is 13.4. The van der Waals surface area contributed by atoms with Gasteiger partial charge < -0.3 is 10.1 Å². The highest BCUT2D eigenvalue weighted by molar-refractivity contribution is 7.89. The Morgan fingerprint density at radius 2 is 1.57 bits per heavy atom. The van der Waals surface area contributed by atoms with Crippen molar-refractivity contribution >= 4 is 15.9 Å². The predicted molar refractivity (Wildman–Crippen MR) is 110 cm³/mol. The van der Waals surface area contributed by atoms with Crippen molar-refractivity contribution in [1.29, 1.82) is 0 Å². The number of methoxy groups -OCH3 is 1. The molecule has 0 heterocycles. The molecule has 0 saturated carbocycles. The van der Waals surface area contributed by atoms with Crippen LogP contribution in [-0.4, -0.2) is 38.8 Å². The second kappa shape index (κ2) is 9.71. The summed E-state index contributed by atoms with van der Waals surface area (Å²) < 4.78 is 31.7. The molecule has 1 N–H and O–H groups in total. The van der Waals surface area contributed by atoms with E-state index in [0.717, 1.165) is 17.7 Å². The van der Waals surface area contributed by atoms with Crippen LogP contribution in [0.1, 0.15) is 49.2 Å². The first kappa shape index (κ1) is 21.9. The van der Waals surface area contributed by atoms with Gasteiger partial charge in [0.1, 0.15) is 5.75 Å². The number of benzene rings is 2. The number of amides is 1. The van der Waals surface area contributed by atoms with Gasteiger partial charge in [-0.3, -0.25) is 4.79 Å². The quantitative estimate of drug-likeness (QED) is 0.693. The third-order valence-corrected chi connectivity index (χ3v) is 6.76. The summed E-state index contributed by atoms with van der Waals surface area (Å²) in [7, 11) is -1.92. The van der Waals surface area contributed by atoms with Crippen LogP contribution < -0.4 is 10.1 Å². The molecule has 1 amide bonds. The first-order valence-electron chi connectivity index (χ1n) is 9.42. The molecule has 0 aliphatic rings. The molecule has 1 atom stereocenters. The highest BCUT2D eigenvalue weighted by Gasteiger charge is 2.22. The van der Waals surface area contributed by atoms with Crippen LogP contribution >= 0.6 is 0 Å². The maximum atomic E-state index is 12.6. The van der Waals surface area contributed by atoms with Crippen molar-refractivity contribution < 1.29 is 17.9 Å². The second-order valence-electron chi connectivity index (χ2n) is 6.32. The number of hydrogen-bond donors (Lipinski definition) is 1. The van der Waals surface area contributed by atoms with Gasteiger partial charge in [0, 0.05) is 18.7 Å². The van der Waals surface area contributed by atoms with E-state index in [-0.39, 0.29) is 16.8 Å². The molecule has 0 fully saturated rings. The molecule has 0 bridgehead atoms. The maximum absolute atomic E-state index is 12.6. The lowest BCUT2D eigenvalue weighted by molar-refractivity contribution is 0.0935. The van der Waals surface area contributed by atoms with Crippen molar-refractivity contribution in [3.05, 3.63) is 59.7 Å². The van der Waals surface area contributed by atoms with E-state index in [1.54, 1.807) is 33.1 Å². The normalized spacial score (nSPS) is 12.6. The average Bonchev–Trinajstić information content (AvgIpc) is 2.72. The smallest absolute Gasteiger partial charge is 0.251 e. The van der Waals surface area contributed by atoms with Crippen LogP contribution in [0.3, 0.4) is 0 Å². The molecule has 0 saturated heterocycles. The number of ether oxygens (including phenoxy) is 1. The minimum atomic E-state index is -3.53. The van der Waals surface area contributed by atoms with Crippen LogP contribution in [0, 0.1) is 0 Å². The van der Waals surface area contributed by atoms with Crippen LogP contribution in [0.25, 0.3) is 0 Å². The third-order valence-electron chi connectivity index (χ3n) is 4.69. The Balaban J connectivity index is 2.15. The van der Waals surface area contributed by atoms with Gasteiger partial charge in [0.2, 0.25) is 10.0 Å². The van der Waals surface area contributed by atoms with Crippen LogP contribution in [0.4, 0.5) is 0 Å². The molecule has 0 spiro atoms. The molecule has 0 aliphatic carbocycles. The Labute approximate surface area is 167 Å².